The van der Waals surface area contributed by atoms with Crippen molar-refractivity contribution in [3.8, 4) is 0 Å². The first kappa shape index (κ1) is 14.7. The van der Waals surface area contributed by atoms with Crippen LogP contribution in [0.2, 0.25) is 0 Å². The third-order valence-corrected chi connectivity index (χ3v) is 3.75. The summed E-state index contributed by atoms with van der Waals surface area (Å²) in [5, 5.41) is 6.22. The lowest BCUT2D eigenvalue weighted by Gasteiger charge is -2.16. The van der Waals surface area contributed by atoms with E-state index in [2.05, 4.69) is 26.6 Å². The molecule has 1 atom stereocenters. The predicted molar refractivity (Wildman–Crippen MR) is 73.3 cm³/mol. The van der Waals surface area contributed by atoms with Crippen molar-refractivity contribution in [3.05, 3.63) is 28.2 Å². The Kier molecular flexibility index (Phi) is 4.73. The molecule has 1 saturated heterocycles. The number of anilines is 1. The minimum atomic E-state index is -4.34. The van der Waals surface area contributed by atoms with Crippen LogP contribution in [0.5, 0.6) is 0 Å². The highest BCUT2D eigenvalue weighted by molar-refractivity contribution is 9.10. The molecule has 1 aromatic rings. The Morgan fingerprint density at radius 2 is 2.16 bits per heavy atom. The molecule has 1 aliphatic heterocycles. The molecule has 2 N–H and O–H groups in total. The van der Waals surface area contributed by atoms with Crippen LogP contribution >= 0.6 is 15.9 Å². The molecular formula is C13H16BrF3N2. The van der Waals surface area contributed by atoms with Gasteiger partial charge in [-0.2, -0.15) is 13.2 Å². The van der Waals surface area contributed by atoms with Crippen molar-refractivity contribution in [1.29, 1.82) is 0 Å². The highest BCUT2D eigenvalue weighted by Gasteiger charge is 2.33. The predicted octanol–water partition coefficient (Wildman–Crippen LogP) is 4.02. The van der Waals surface area contributed by atoms with Gasteiger partial charge in [-0.15, -0.1) is 0 Å². The van der Waals surface area contributed by atoms with Crippen molar-refractivity contribution in [1.82, 2.24) is 5.32 Å². The van der Waals surface area contributed by atoms with Gasteiger partial charge in [0.1, 0.15) is 0 Å². The van der Waals surface area contributed by atoms with Crippen LogP contribution in [0.1, 0.15) is 24.8 Å². The smallest absolute Gasteiger partial charge is 0.384 e. The average molecular weight is 337 g/mol. The number of nitrogens with one attached hydrogen (secondary N) is 2. The van der Waals surface area contributed by atoms with Gasteiger partial charge in [-0.3, -0.25) is 0 Å². The van der Waals surface area contributed by atoms with Crippen LogP contribution in [-0.2, 0) is 6.18 Å². The molecule has 1 aromatic carbocycles. The average Bonchev–Trinajstić information content (AvgIpc) is 2.83. The molecule has 0 spiro atoms. The monoisotopic (exact) mass is 336 g/mol. The van der Waals surface area contributed by atoms with Gasteiger partial charge in [0, 0.05) is 22.7 Å². The highest BCUT2D eigenvalue weighted by Crippen LogP contribution is 2.36. The van der Waals surface area contributed by atoms with Crippen LogP contribution in [0.15, 0.2) is 22.7 Å². The summed E-state index contributed by atoms with van der Waals surface area (Å²) in [7, 11) is 0. The van der Waals surface area contributed by atoms with Gasteiger partial charge in [-0.05, 0) is 44.0 Å². The van der Waals surface area contributed by atoms with Gasteiger partial charge in [0.25, 0.3) is 0 Å². The summed E-state index contributed by atoms with van der Waals surface area (Å²) in [6.07, 6.45) is -1.24. The van der Waals surface area contributed by atoms with Gasteiger partial charge < -0.3 is 10.6 Å². The molecule has 6 heteroatoms. The van der Waals surface area contributed by atoms with Crippen molar-refractivity contribution in [2.24, 2.45) is 0 Å². The lowest BCUT2D eigenvalue weighted by atomic mass is 10.1. The summed E-state index contributed by atoms with van der Waals surface area (Å²) >= 11 is 3.07. The topological polar surface area (TPSA) is 24.1 Å². The van der Waals surface area contributed by atoms with Crippen LogP contribution < -0.4 is 10.6 Å². The van der Waals surface area contributed by atoms with E-state index in [1.54, 1.807) is 6.07 Å². The summed E-state index contributed by atoms with van der Waals surface area (Å²) < 4.78 is 39.1. The zero-order chi connectivity index (χ0) is 13.9. The molecule has 0 aromatic heterocycles. The van der Waals surface area contributed by atoms with E-state index in [0.717, 1.165) is 31.9 Å². The molecule has 1 fully saturated rings. The first-order valence-electron chi connectivity index (χ1n) is 6.31. The van der Waals surface area contributed by atoms with E-state index in [9.17, 15) is 13.2 Å². The lowest BCUT2D eigenvalue weighted by Crippen LogP contribution is -2.24. The molecule has 2 nitrogen and oxygen atoms in total. The van der Waals surface area contributed by atoms with E-state index in [-0.39, 0.29) is 5.69 Å². The van der Waals surface area contributed by atoms with Gasteiger partial charge in [0.15, 0.2) is 0 Å². The van der Waals surface area contributed by atoms with E-state index in [1.807, 2.05) is 0 Å². The summed E-state index contributed by atoms with van der Waals surface area (Å²) in [4.78, 5) is 0. The zero-order valence-corrected chi connectivity index (χ0v) is 11.9. The fourth-order valence-corrected chi connectivity index (χ4v) is 2.65. The maximum Gasteiger partial charge on any atom is 0.418 e. The molecule has 1 heterocycles. The number of rotatable bonds is 4. The standard InChI is InChI=1S/C13H16BrF3N2/c14-9-3-4-12(11(8-9)13(15,16)17)19-7-5-10-2-1-6-18-10/h3-4,8,10,18-19H,1-2,5-7H2/t10-/m0/s1. The third kappa shape index (κ3) is 4.11. The van der Waals surface area contributed by atoms with Crippen molar-refractivity contribution in [2.45, 2.75) is 31.5 Å². The summed E-state index contributed by atoms with van der Waals surface area (Å²) in [6.45, 7) is 1.55. The van der Waals surface area contributed by atoms with Gasteiger partial charge in [0.05, 0.1) is 5.56 Å². The number of benzene rings is 1. The van der Waals surface area contributed by atoms with E-state index >= 15 is 0 Å². The van der Waals surface area contributed by atoms with Gasteiger partial charge >= 0.3 is 6.18 Å². The second-order valence-corrected chi connectivity index (χ2v) is 5.61. The molecule has 0 bridgehead atoms. The quantitative estimate of drug-likeness (QED) is 0.867. The second-order valence-electron chi connectivity index (χ2n) is 4.70. The van der Waals surface area contributed by atoms with Crippen LogP contribution in [0, 0.1) is 0 Å². The fraction of sp³-hybridized carbons (Fsp3) is 0.538. The second kappa shape index (κ2) is 6.13. The van der Waals surface area contributed by atoms with Gasteiger partial charge in [0.2, 0.25) is 0 Å². The molecule has 0 aliphatic carbocycles. The lowest BCUT2D eigenvalue weighted by molar-refractivity contribution is -0.137. The Morgan fingerprint density at radius 1 is 1.37 bits per heavy atom. The fourth-order valence-electron chi connectivity index (χ4n) is 2.29. The highest BCUT2D eigenvalue weighted by atomic mass is 79.9. The Labute approximate surface area is 118 Å². The molecule has 19 heavy (non-hydrogen) atoms. The third-order valence-electron chi connectivity index (χ3n) is 3.26. The SMILES string of the molecule is FC(F)(F)c1cc(Br)ccc1NCC[C@@H]1CCCN1. The molecule has 1 aliphatic rings. The van der Waals surface area contributed by atoms with Crippen molar-refractivity contribution >= 4 is 21.6 Å². The molecule has 0 amide bonds. The first-order valence-corrected chi connectivity index (χ1v) is 7.10. The minimum Gasteiger partial charge on any atom is -0.384 e. The molecule has 0 saturated carbocycles. The van der Waals surface area contributed by atoms with Gasteiger partial charge in [-0.25, -0.2) is 0 Å². The molecule has 0 radical (unpaired) electrons. The Morgan fingerprint density at radius 3 is 2.79 bits per heavy atom. The Hall–Kier alpha value is -0.750. The molecular weight excluding hydrogens is 321 g/mol. The minimum absolute atomic E-state index is 0.147. The normalized spacial score (nSPS) is 19.7. The number of alkyl halides is 3. The maximum absolute atomic E-state index is 12.9. The number of hydrogen-bond donors (Lipinski definition) is 2. The van der Waals surface area contributed by atoms with Crippen LogP contribution in [0.25, 0.3) is 0 Å². The van der Waals surface area contributed by atoms with E-state index in [1.165, 1.54) is 6.07 Å². The Balaban J connectivity index is 1.98. The molecule has 2 rings (SSSR count). The van der Waals surface area contributed by atoms with E-state index in [0.29, 0.717) is 17.1 Å². The summed E-state index contributed by atoms with van der Waals surface area (Å²) in [5.74, 6) is 0. The van der Waals surface area contributed by atoms with Crippen molar-refractivity contribution in [3.63, 3.8) is 0 Å². The zero-order valence-electron chi connectivity index (χ0n) is 10.4. The largest absolute Gasteiger partial charge is 0.418 e. The Bertz CT molecular complexity index is 428. The number of halogens is 4. The van der Waals surface area contributed by atoms with Crippen LogP contribution in [-0.4, -0.2) is 19.1 Å². The van der Waals surface area contributed by atoms with Crippen LogP contribution in [0.3, 0.4) is 0 Å². The van der Waals surface area contributed by atoms with Gasteiger partial charge in [-0.1, -0.05) is 15.9 Å². The van der Waals surface area contributed by atoms with Crippen LogP contribution in [0.4, 0.5) is 18.9 Å². The van der Waals surface area contributed by atoms with E-state index in [4.69, 9.17) is 0 Å². The molecule has 0 unspecified atom stereocenters. The molecule has 106 valence electrons. The summed E-state index contributed by atoms with van der Waals surface area (Å²) in [5.41, 5.74) is -0.477. The van der Waals surface area contributed by atoms with E-state index < -0.39 is 11.7 Å². The maximum atomic E-state index is 12.9. The van der Waals surface area contributed by atoms with Crippen molar-refractivity contribution in [2.75, 3.05) is 18.4 Å². The summed E-state index contributed by atoms with van der Waals surface area (Å²) in [6, 6.07) is 4.62. The first-order chi connectivity index (χ1) is 8.97. The van der Waals surface area contributed by atoms with Crippen molar-refractivity contribution < 1.29 is 13.2 Å². The number of hydrogen-bond acceptors (Lipinski definition) is 2.